The average molecular weight is 314 g/mol. The summed E-state index contributed by atoms with van der Waals surface area (Å²) >= 11 is 0. The summed E-state index contributed by atoms with van der Waals surface area (Å²) < 4.78 is 14.2. The molecule has 0 aliphatic heterocycles. The third-order valence-corrected chi connectivity index (χ3v) is 4.39. The smallest absolute Gasteiger partial charge is 0.139 e. The number of halogens is 1. The van der Waals surface area contributed by atoms with Crippen molar-refractivity contribution in [3.05, 3.63) is 70.8 Å². The number of allylic oxidation sites excluding steroid dienone is 3. The topological polar surface area (TPSA) is 29.3 Å². The van der Waals surface area contributed by atoms with Gasteiger partial charge in [0.05, 0.1) is 0 Å². The Balaban J connectivity index is 2.47. The maximum atomic E-state index is 14.2. The van der Waals surface area contributed by atoms with Gasteiger partial charge in [0, 0.05) is 31.9 Å². The molecule has 2 N–H and O–H groups in total. The first-order valence-corrected chi connectivity index (χ1v) is 8.24. The van der Waals surface area contributed by atoms with E-state index >= 15 is 0 Å². The largest absolute Gasteiger partial charge is 0.399 e. The van der Waals surface area contributed by atoms with Crippen LogP contribution in [0, 0.1) is 0 Å². The monoisotopic (exact) mass is 314 g/mol. The molecule has 0 saturated carbocycles. The molecule has 0 bridgehead atoms. The molecule has 2 nitrogen and oxygen atoms in total. The highest BCUT2D eigenvalue weighted by Gasteiger charge is 2.23. The number of hydrogen-bond acceptors (Lipinski definition) is 2. The molecule has 3 heteroatoms. The second kappa shape index (κ2) is 7.49. The number of benzene rings is 1. The summed E-state index contributed by atoms with van der Waals surface area (Å²) in [6, 6.07) is 6.46. The third-order valence-electron chi connectivity index (χ3n) is 4.39. The van der Waals surface area contributed by atoms with Crippen molar-refractivity contribution in [2.75, 3.05) is 14.1 Å². The fourth-order valence-electron chi connectivity index (χ4n) is 3.43. The Morgan fingerprint density at radius 1 is 1.39 bits per heavy atom. The molecular weight excluding hydrogens is 287 g/mol. The van der Waals surface area contributed by atoms with Crippen molar-refractivity contribution >= 4 is 0 Å². The van der Waals surface area contributed by atoms with E-state index in [2.05, 4.69) is 31.7 Å². The van der Waals surface area contributed by atoms with E-state index in [0.717, 1.165) is 24.8 Å². The van der Waals surface area contributed by atoms with Crippen LogP contribution < -0.4 is 5.73 Å². The van der Waals surface area contributed by atoms with Crippen LogP contribution in [0.25, 0.3) is 0 Å². The van der Waals surface area contributed by atoms with Crippen LogP contribution in [0.1, 0.15) is 42.4 Å². The van der Waals surface area contributed by atoms with E-state index in [1.807, 2.05) is 0 Å². The van der Waals surface area contributed by atoms with Crippen LogP contribution in [0.4, 0.5) is 4.39 Å². The number of nitrogens with two attached hydrogens (primary N) is 1. The zero-order chi connectivity index (χ0) is 17.0. The van der Waals surface area contributed by atoms with Gasteiger partial charge in [-0.3, -0.25) is 0 Å². The summed E-state index contributed by atoms with van der Waals surface area (Å²) in [5.74, 6) is -0.218. The lowest BCUT2D eigenvalue weighted by Gasteiger charge is -2.22. The second-order valence-electron chi connectivity index (χ2n) is 6.40. The van der Waals surface area contributed by atoms with Crippen LogP contribution in [0.15, 0.2) is 54.2 Å². The lowest BCUT2D eigenvalue weighted by Crippen LogP contribution is -2.11. The Hall–Kier alpha value is -2.03. The minimum Gasteiger partial charge on any atom is -0.399 e. The molecule has 2 rings (SSSR count). The van der Waals surface area contributed by atoms with Crippen LogP contribution in [0.2, 0.25) is 0 Å². The van der Waals surface area contributed by atoms with Gasteiger partial charge < -0.3 is 10.6 Å². The average Bonchev–Trinajstić information content (AvgIpc) is 2.95. The molecule has 0 amide bonds. The van der Waals surface area contributed by atoms with Crippen molar-refractivity contribution in [2.45, 2.75) is 38.5 Å². The van der Waals surface area contributed by atoms with Gasteiger partial charge in [0.1, 0.15) is 5.83 Å². The molecule has 1 aromatic rings. The van der Waals surface area contributed by atoms with E-state index in [4.69, 9.17) is 5.73 Å². The molecule has 0 spiro atoms. The molecule has 0 saturated heterocycles. The van der Waals surface area contributed by atoms with Crippen molar-refractivity contribution in [2.24, 2.45) is 5.73 Å². The standard InChI is InChI=1S/C20H27FN2/c1-5-17(19-11-7-9-15-8-6-10-18(15)19)20(14(2)22)12-16(21)13-23(3)4/h7,9,11-13,17H,2,5-6,8,10,22H2,1,3-4H3/b16-13-,20-12-. The number of fused-ring (bicyclic) bond motifs is 1. The second-order valence-corrected chi connectivity index (χ2v) is 6.40. The predicted molar refractivity (Wildman–Crippen MR) is 95.8 cm³/mol. The van der Waals surface area contributed by atoms with E-state index in [-0.39, 0.29) is 11.7 Å². The zero-order valence-electron chi connectivity index (χ0n) is 14.4. The SMILES string of the molecule is C=C(N)/C(=C/C(F)=C/N(C)C)C(CC)c1cccc2c1CCC2. The van der Waals surface area contributed by atoms with Gasteiger partial charge >= 0.3 is 0 Å². The molecule has 0 fully saturated rings. The maximum Gasteiger partial charge on any atom is 0.139 e. The predicted octanol–water partition coefficient (Wildman–Crippen LogP) is 4.44. The highest BCUT2D eigenvalue weighted by Crippen LogP contribution is 2.37. The van der Waals surface area contributed by atoms with Crippen molar-refractivity contribution in [3.8, 4) is 0 Å². The van der Waals surface area contributed by atoms with Gasteiger partial charge in [0.25, 0.3) is 0 Å². The highest BCUT2D eigenvalue weighted by atomic mass is 19.1. The molecule has 1 aliphatic rings. The molecular formula is C20H27FN2. The quantitative estimate of drug-likeness (QED) is 0.787. The minimum atomic E-state index is -0.303. The number of nitrogens with zero attached hydrogens (tertiary/aromatic N) is 1. The lowest BCUT2D eigenvalue weighted by molar-refractivity contribution is 0.528. The molecule has 23 heavy (non-hydrogen) atoms. The summed E-state index contributed by atoms with van der Waals surface area (Å²) in [5.41, 5.74) is 11.3. The first-order valence-electron chi connectivity index (χ1n) is 8.24. The van der Waals surface area contributed by atoms with E-state index in [0.29, 0.717) is 5.70 Å². The summed E-state index contributed by atoms with van der Waals surface area (Å²) in [6.45, 7) is 5.99. The van der Waals surface area contributed by atoms with Crippen LogP contribution >= 0.6 is 0 Å². The molecule has 1 aliphatic carbocycles. The summed E-state index contributed by atoms with van der Waals surface area (Å²) in [5, 5.41) is 0. The van der Waals surface area contributed by atoms with Crippen LogP contribution in [0.5, 0.6) is 0 Å². The van der Waals surface area contributed by atoms with Crippen molar-refractivity contribution < 1.29 is 4.39 Å². The third kappa shape index (κ3) is 4.04. The number of hydrogen-bond donors (Lipinski definition) is 1. The van der Waals surface area contributed by atoms with Gasteiger partial charge in [-0.2, -0.15) is 0 Å². The van der Waals surface area contributed by atoms with Gasteiger partial charge in [-0.15, -0.1) is 0 Å². The van der Waals surface area contributed by atoms with Crippen LogP contribution in [0.3, 0.4) is 0 Å². The van der Waals surface area contributed by atoms with Gasteiger partial charge in [-0.25, -0.2) is 4.39 Å². The van der Waals surface area contributed by atoms with Gasteiger partial charge in [-0.1, -0.05) is 31.7 Å². The van der Waals surface area contributed by atoms with Crippen LogP contribution in [-0.2, 0) is 12.8 Å². The fourth-order valence-corrected chi connectivity index (χ4v) is 3.43. The minimum absolute atomic E-state index is 0.0851. The van der Waals surface area contributed by atoms with Crippen molar-refractivity contribution in [1.82, 2.24) is 4.90 Å². The van der Waals surface area contributed by atoms with Crippen molar-refractivity contribution in [3.63, 3.8) is 0 Å². The van der Waals surface area contributed by atoms with E-state index < -0.39 is 0 Å². The van der Waals surface area contributed by atoms with E-state index in [9.17, 15) is 4.39 Å². The summed E-state index contributed by atoms with van der Waals surface area (Å²) in [6.07, 6.45) is 7.28. The van der Waals surface area contributed by atoms with Gasteiger partial charge in [-0.05, 0) is 54.0 Å². The Bertz CT molecular complexity index is 641. The normalized spacial score (nSPS) is 16.2. The summed E-state index contributed by atoms with van der Waals surface area (Å²) in [7, 11) is 3.59. The number of aryl methyl sites for hydroxylation is 1. The molecule has 1 unspecified atom stereocenters. The molecule has 0 aromatic heterocycles. The molecule has 1 atom stereocenters. The first kappa shape index (κ1) is 17.3. The Morgan fingerprint density at radius 2 is 2.13 bits per heavy atom. The lowest BCUT2D eigenvalue weighted by atomic mass is 9.83. The van der Waals surface area contributed by atoms with Gasteiger partial charge in [0.15, 0.2) is 0 Å². The Labute approximate surface area is 139 Å². The summed E-state index contributed by atoms with van der Waals surface area (Å²) in [4.78, 5) is 1.68. The molecule has 1 aromatic carbocycles. The van der Waals surface area contributed by atoms with E-state index in [1.54, 1.807) is 19.0 Å². The zero-order valence-corrected chi connectivity index (χ0v) is 14.4. The maximum absolute atomic E-state index is 14.2. The van der Waals surface area contributed by atoms with Crippen molar-refractivity contribution in [1.29, 1.82) is 0 Å². The fraction of sp³-hybridized carbons (Fsp3) is 0.400. The van der Waals surface area contributed by atoms with Gasteiger partial charge in [0.2, 0.25) is 0 Å². The van der Waals surface area contributed by atoms with Crippen LogP contribution in [-0.4, -0.2) is 19.0 Å². The number of rotatable bonds is 6. The Kier molecular flexibility index (Phi) is 5.64. The molecule has 0 radical (unpaired) electrons. The Morgan fingerprint density at radius 3 is 2.74 bits per heavy atom. The van der Waals surface area contributed by atoms with E-state index in [1.165, 1.54) is 35.4 Å². The molecule has 124 valence electrons. The first-order chi connectivity index (χ1) is 10.9. The highest BCUT2D eigenvalue weighted by molar-refractivity contribution is 5.48. The molecule has 0 heterocycles.